The van der Waals surface area contributed by atoms with Crippen LogP contribution in [0.3, 0.4) is 0 Å². The Morgan fingerprint density at radius 3 is 2.54 bits per heavy atom. The maximum Gasteiger partial charge on any atom is 0.255 e. The molecule has 0 bridgehead atoms. The zero-order chi connectivity index (χ0) is 17.7. The number of sulfonamides is 1. The summed E-state index contributed by atoms with van der Waals surface area (Å²) in [6.07, 6.45) is -0.265. The van der Waals surface area contributed by atoms with Crippen LogP contribution < -0.4 is 10.1 Å². The minimum atomic E-state index is -3.44. The number of ether oxygens (including phenoxy) is 2. The summed E-state index contributed by atoms with van der Waals surface area (Å²) >= 11 is 0. The molecule has 24 heavy (non-hydrogen) atoms. The predicted molar refractivity (Wildman–Crippen MR) is 90.7 cm³/mol. The fraction of sp³-hybridized carbons (Fsp3) is 0.562. The molecule has 134 valence electrons. The lowest BCUT2D eigenvalue weighted by atomic mass is 10.2. The van der Waals surface area contributed by atoms with Crippen molar-refractivity contribution in [2.24, 2.45) is 0 Å². The zero-order valence-corrected chi connectivity index (χ0v) is 15.0. The molecule has 1 aromatic rings. The van der Waals surface area contributed by atoms with Gasteiger partial charge in [0.1, 0.15) is 5.75 Å². The highest BCUT2D eigenvalue weighted by Crippen LogP contribution is 2.17. The van der Waals surface area contributed by atoms with Crippen molar-refractivity contribution in [1.82, 2.24) is 9.62 Å². The van der Waals surface area contributed by atoms with E-state index in [0.717, 1.165) is 0 Å². The number of hydrogen-bond acceptors (Lipinski definition) is 5. The Kier molecular flexibility index (Phi) is 6.20. The topological polar surface area (TPSA) is 84.9 Å². The third-order valence-electron chi connectivity index (χ3n) is 3.78. The highest BCUT2D eigenvalue weighted by atomic mass is 32.2. The van der Waals surface area contributed by atoms with E-state index in [-0.39, 0.29) is 30.4 Å². The van der Waals surface area contributed by atoms with Crippen LogP contribution in [0.25, 0.3) is 0 Å². The van der Waals surface area contributed by atoms with E-state index < -0.39 is 10.0 Å². The number of hydrogen-bond donors (Lipinski definition) is 1. The van der Waals surface area contributed by atoms with Crippen molar-refractivity contribution in [2.75, 3.05) is 32.5 Å². The van der Waals surface area contributed by atoms with Crippen LogP contribution in [-0.2, 0) is 14.8 Å². The Balaban J connectivity index is 1.92. The predicted octanol–water partition coefficient (Wildman–Crippen LogP) is 0.864. The monoisotopic (exact) mass is 356 g/mol. The second kappa shape index (κ2) is 7.96. The highest BCUT2D eigenvalue weighted by molar-refractivity contribution is 7.89. The third kappa shape index (κ3) is 4.68. The first-order chi connectivity index (χ1) is 11.3. The van der Waals surface area contributed by atoms with Gasteiger partial charge >= 0.3 is 0 Å². The average Bonchev–Trinajstić information content (AvgIpc) is 2.53. The van der Waals surface area contributed by atoms with E-state index in [9.17, 15) is 13.2 Å². The van der Waals surface area contributed by atoms with E-state index in [1.54, 1.807) is 24.3 Å². The van der Waals surface area contributed by atoms with Crippen molar-refractivity contribution in [3.8, 4) is 5.75 Å². The highest BCUT2D eigenvalue weighted by Gasteiger charge is 2.30. The summed E-state index contributed by atoms with van der Waals surface area (Å²) in [6.45, 7) is 4.42. The molecule has 1 heterocycles. The molecule has 2 atom stereocenters. The summed E-state index contributed by atoms with van der Waals surface area (Å²) in [5.41, 5.74) is 0.381. The Bertz CT molecular complexity index is 667. The molecule has 0 aliphatic carbocycles. The van der Waals surface area contributed by atoms with Crippen LogP contribution in [0.4, 0.5) is 0 Å². The summed E-state index contributed by atoms with van der Waals surface area (Å²) in [6, 6.07) is 6.81. The van der Waals surface area contributed by atoms with Crippen LogP contribution >= 0.6 is 0 Å². The Labute approximate surface area is 143 Å². The van der Waals surface area contributed by atoms with Crippen molar-refractivity contribution >= 4 is 15.9 Å². The van der Waals surface area contributed by atoms with E-state index in [1.807, 2.05) is 13.8 Å². The lowest BCUT2D eigenvalue weighted by Gasteiger charge is -2.34. The molecule has 0 radical (unpaired) electrons. The quantitative estimate of drug-likeness (QED) is 0.817. The number of nitrogens with zero attached hydrogens (tertiary/aromatic N) is 1. The Morgan fingerprint density at radius 1 is 1.29 bits per heavy atom. The first-order valence-electron chi connectivity index (χ1n) is 7.88. The van der Waals surface area contributed by atoms with Gasteiger partial charge < -0.3 is 14.8 Å². The first kappa shape index (κ1) is 18.7. The van der Waals surface area contributed by atoms with Crippen LogP contribution in [0.5, 0.6) is 5.75 Å². The summed E-state index contributed by atoms with van der Waals surface area (Å²) in [5.74, 6) is -0.0482. The van der Waals surface area contributed by atoms with Gasteiger partial charge in [0.05, 0.1) is 30.6 Å². The normalized spacial score (nSPS) is 22.1. The van der Waals surface area contributed by atoms with Gasteiger partial charge in [-0.3, -0.25) is 4.79 Å². The van der Waals surface area contributed by atoms with E-state index in [4.69, 9.17) is 9.47 Å². The fourth-order valence-corrected chi connectivity index (χ4v) is 4.20. The molecule has 1 N–H and O–H groups in total. The fourth-order valence-electron chi connectivity index (χ4n) is 2.71. The largest absolute Gasteiger partial charge is 0.496 e. The smallest absolute Gasteiger partial charge is 0.255 e. The van der Waals surface area contributed by atoms with Gasteiger partial charge in [0.15, 0.2) is 0 Å². The number of para-hydroxylation sites is 1. The molecule has 0 saturated carbocycles. The van der Waals surface area contributed by atoms with E-state index in [0.29, 0.717) is 24.4 Å². The molecule has 8 heteroatoms. The summed E-state index contributed by atoms with van der Waals surface area (Å²) in [7, 11) is -1.95. The number of morpholine rings is 1. The molecule has 1 aromatic carbocycles. The van der Waals surface area contributed by atoms with Gasteiger partial charge in [-0.1, -0.05) is 12.1 Å². The molecular weight excluding hydrogens is 332 g/mol. The molecule has 7 nitrogen and oxygen atoms in total. The van der Waals surface area contributed by atoms with Gasteiger partial charge in [0.2, 0.25) is 10.0 Å². The second-order valence-corrected chi connectivity index (χ2v) is 7.93. The van der Waals surface area contributed by atoms with Crippen LogP contribution in [-0.4, -0.2) is 63.3 Å². The van der Waals surface area contributed by atoms with Gasteiger partial charge in [-0.05, 0) is 26.0 Å². The second-order valence-electron chi connectivity index (χ2n) is 5.85. The molecular formula is C16H24N2O5S. The minimum Gasteiger partial charge on any atom is -0.496 e. The summed E-state index contributed by atoms with van der Waals surface area (Å²) in [5, 5.41) is 2.64. The molecule has 1 saturated heterocycles. The number of rotatable bonds is 6. The van der Waals surface area contributed by atoms with Crippen molar-refractivity contribution in [3.63, 3.8) is 0 Å². The van der Waals surface area contributed by atoms with Crippen molar-refractivity contribution in [2.45, 2.75) is 26.1 Å². The molecule has 0 aromatic heterocycles. The number of benzene rings is 1. The maximum absolute atomic E-state index is 12.4. The van der Waals surface area contributed by atoms with Gasteiger partial charge in [0.25, 0.3) is 5.91 Å². The van der Waals surface area contributed by atoms with Crippen LogP contribution in [0.15, 0.2) is 24.3 Å². The summed E-state index contributed by atoms with van der Waals surface area (Å²) < 4.78 is 36.9. The van der Waals surface area contributed by atoms with E-state index in [1.165, 1.54) is 11.4 Å². The van der Waals surface area contributed by atoms with E-state index in [2.05, 4.69) is 5.32 Å². The molecule has 1 amide bonds. The lowest BCUT2D eigenvalue weighted by Crippen LogP contribution is -2.49. The average molecular weight is 356 g/mol. The Morgan fingerprint density at radius 2 is 1.92 bits per heavy atom. The zero-order valence-electron chi connectivity index (χ0n) is 14.2. The number of carbonyl (C=O) groups is 1. The Hall–Kier alpha value is -1.64. The molecule has 2 unspecified atom stereocenters. The minimum absolute atomic E-state index is 0.0410. The van der Waals surface area contributed by atoms with Crippen LogP contribution in [0.2, 0.25) is 0 Å². The molecule has 1 aliphatic rings. The maximum atomic E-state index is 12.4. The molecule has 2 rings (SSSR count). The van der Waals surface area contributed by atoms with Crippen LogP contribution in [0, 0.1) is 0 Å². The third-order valence-corrected chi connectivity index (χ3v) is 5.58. The lowest BCUT2D eigenvalue weighted by molar-refractivity contribution is -0.0440. The molecule has 1 aliphatic heterocycles. The number of methoxy groups -OCH3 is 1. The number of amides is 1. The van der Waals surface area contributed by atoms with Crippen LogP contribution in [0.1, 0.15) is 24.2 Å². The van der Waals surface area contributed by atoms with Gasteiger partial charge in [0, 0.05) is 19.6 Å². The molecule has 0 spiro atoms. The van der Waals surface area contributed by atoms with E-state index >= 15 is 0 Å². The summed E-state index contributed by atoms with van der Waals surface area (Å²) in [4.78, 5) is 12.2. The number of carbonyl (C=O) groups excluding carboxylic acids is 1. The SMILES string of the molecule is COc1ccccc1C(=O)NCCS(=O)(=O)N1CC(C)OC(C)C1. The molecule has 1 fully saturated rings. The van der Waals surface area contributed by atoms with Crippen molar-refractivity contribution < 1.29 is 22.7 Å². The van der Waals surface area contributed by atoms with Crippen molar-refractivity contribution in [3.05, 3.63) is 29.8 Å². The van der Waals surface area contributed by atoms with Gasteiger partial charge in [-0.2, -0.15) is 4.31 Å². The van der Waals surface area contributed by atoms with Gasteiger partial charge in [-0.25, -0.2) is 8.42 Å². The first-order valence-corrected chi connectivity index (χ1v) is 9.49. The van der Waals surface area contributed by atoms with Gasteiger partial charge in [-0.15, -0.1) is 0 Å². The number of nitrogens with one attached hydrogen (secondary N) is 1. The standard InChI is InChI=1S/C16H24N2O5S/c1-12-10-18(11-13(2)23-12)24(20,21)9-8-17-16(19)14-6-4-5-7-15(14)22-3/h4-7,12-13H,8-11H2,1-3H3,(H,17,19). The van der Waals surface area contributed by atoms with Crippen molar-refractivity contribution in [1.29, 1.82) is 0 Å².